The molecule has 0 unspecified atom stereocenters. The second kappa shape index (κ2) is 10.1. The van der Waals surface area contributed by atoms with Gasteiger partial charge in [0, 0.05) is 45.8 Å². The van der Waals surface area contributed by atoms with Crippen LogP contribution in [0.25, 0.3) is 0 Å². The van der Waals surface area contributed by atoms with Crippen LogP contribution in [0.3, 0.4) is 0 Å². The van der Waals surface area contributed by atoms with E-state index in [-0.39, 0.29) is 17.3 Å². The van der Waals surface area contributed by atoms with Crippen molar-refractivity contribution in [3.8, 4) is 11.5 Å². The van der Waals surface area contributed by atoms with Crippen LogP contribution in [0.2, 0.25) is 0 Å². The highest BCUT2D eigenvalue weighted by atomic mass is 32.2. The maximum atomic E-state index is 12.9. The minimum atomic E-state index is -3.84. The molecule has 0 N–H and O–H groups in total. The van der Waals surface area contributed by atoms with Crippen molar-refractivity contribution in [1.29, 1.82) is 0 Å². The second-order valence-electron chi connectivity index (χ2n) is 7.42. The molecule has 0 spiro atoms. The van der Waals surface area contributed by atoms with Gasteiger partial charge in [-0.1, -0.05) is 30.3 Å². The van der Waals surface area contributed by atoms with E-state index in [1.807, 2.05) is 18.2 Å². The Labute approximate surface area is 184 Å². The van der Waals surface area contributed by atoms with Gasteiger partial charge in [0.1, 0.15) is 0 Å². The molecule has 3 rings (SSSR count). The average molecular weight is 448 g/mol. The Morgan fingerprint density at radius 3 is 2.23 bits per heavy atom. The molecule has 0 aromatic heterocycles. The monoisotopic (exact) mass is 447 g/mol. The Kier molecular flexibility index (Phi) is 7.53. The van der Waals surface area contributed by atoms with Gasteiger partial charge in [-0.2, -0.15) is 4.31 Å². The topological polar surface area (TPSA) is 79.4 Å². The number of amides is 1. The summed E-state index contributed by atoms with van der Waals surface area (Å²) in [6.45, 7) is 3.30. The summed E-state index contributed by atoms with van der Waals surface area (Å²) in [5.41, 5.74) is 1.24. The van der Waals surface area contributed by atoms with Gasteiger partial charge in [-0.15, -0.1) is 0 Å². The van der Waals surface area contributed by atoms with E-state index in [9.17, 15) is 13.2 Å². The average Bonchev–Trinajstić information content (AvgIpc) is 2.79. The fraction of sp³-hybridized carbons (Fsp3) is 0.409. The summed E-state index contributed by atoms with van der Waals surface area (Å²) in [7, 11) is 0.496. The molecule has 0 radical (unpaired) electrons. The summed E-state index contributed by atoms with van der Waals surface area (Å²) < 4.78 is 37.3. The molecular weight excluding hydrogens is 418 g/mol. The predicted molar refractivity (Wildman–Crippen MR) is 118 cm³/mol. The number of methoxy groups -OCH3 is 2. The first-order valence-corrected chi connectivity index (χ1v) is 11.5. The van der Waals surface area contributed by atoms with Crippen LogP contribution in [0.15, 0.2) is 53.4 Å². The first kappa shape index (κ1) is 23.1. The van der Waals surface area contributed by atoms with E-state index < -0.39 is 10.0 Å². The lowest BCUT2D eigenvalue weighted by atomic mass is 10.2. The van der Waals surface area contributed by atoms with Gasteiger partial charge in [-0.05, 0) is 17.7 Å². The number of sulfonamides is 1. The van der Waals surface area contributed by atoms with Crippen LogP contribution in [0.4, 0.5) is 0 Å². The van der Waals surface area contributed by atoms with Gasteiger partial charge in [-0.3, -0.25) is 9.69 Å². The van der Waals surface area contributed by atoms with Crippen LogP contribution in [-0.4, -0.2) is 82.4 Å². The minimum absolute atomic E-state index is 0.0492. The molecule has 31 heavy (non-hydrogen) atoms. The molecule has 0 bridgehead atoms. The fourth-order valence-electron chi connectivity index (χ4n) is 3.53. The second-order valence-corrected chi connectivity index (χ2v) is 9.47. The third kappa shape index (κ3) is 5.55. The van der Waals surface area contributed by atoms with Gasteiger partial charge < -0.3 is 14.4 Å². The number of likely N-dealkylation sites (N-methyl/N-ethyl adjacent to an activating group) is 1. The Balaban J connectivity index is 1.57. The molecule has 1 saturated heterocycles. The van der Waals surface area contributed by atoms with Crippen LogP contribution in [0, 0.1) is 0 Å². The normalized spacial score (nSPS) is 15.2. The van der Waals surface area contributed by atoms with E-state index in [0.29, 0.717) is 24.6 Å². The number of carbonyl (C=O) groups excluding carboxylic acids is 1. The van der Waals surface area contributed by atoms with Crippen LogP contribution in [-0.2, 0) is 21.4 Å². The summed E-state index contributed by atoms with van der Waals surface area (Å²) in [6.07, 6.45) is 0. The van der Waals surface area contributed by atoms with Crippen molar-refractivity contribution in [2.45, 2.75) is 11.4 Å². The van der Waals surface area contributed by atoms with Crippen molar-refractivity contribution in [2.75, 3.05) is 54.0 Å². The number of ether oxygens (including phenoxy) is 2. The number of hydrogen-bond donors (Lipinski definition) is 0. The highest BCUT2D eigenvalue weighted by Crippen LogP contribution is 2.30. The molecule has 9 heteroatoms. The van der Waals surface area contributed by atoms with Crippen LogP contribution < -0.4 is 9.47 Å². The van der Waals surface area contributed by atoms with Gasteiger partial charge >= 0.3 is 0 Å². The zero-order valence-electron chi connectivity index (χ0n) is 18.2. The molecule has 0 saturated carbocycles. The highest BCUT2D eigenvalue weighted by Gasteiger charge is 2.28. The Hall–Kier alpha value is -2.62. The molecular formula is C22H29N3O5S. The van der Waals surface area contributed by atoms with Gasteiger partial charge in [0.05, 0.1) is 25.7 Å². The van der Waals surface area contributed by atoms with E-state index in [4.69, 9.17) is 9.47 Å². The number of carbonyl (C=O) groups is 1. The summed E-state index contributed by atoms with van der Waals surface area (Å²) in [5, 5.41) is 0. The standard InChI is InChI=1S/C22H29N3O5S/c1-23(31(27,28)19-9-10-20(29-2)21(15-19)30-3)17-22(26)25-13-11-24(12-14-25)16-18-7-5-4-6-8-18/h4-10,15H,11-14,16-17H2,1-3H3. The molecule has 0 atom stereocenters. The van der Waals surface area contributed by atoms with Gasteiger partial charge in [0.2, 0.25) is 15.9 Å². The summed E-state index contributed by atoms with van der Waals surface area (Å²) in [4.78, 5) is 16.8. The lowest BCUT2D eigenvalue weighted by Crippen LogP contribution is -2.51. The molecule has 1 amide bonds. The van der Waals surface area contributed by atoms with Crippen molar-refractivity contribution in [3.05, 3.63) is 54.1 Å². The third-order valence-corrected chi connectivity index (χ3v) is 7.19. The molecule has 2 aromatic rings. The molecule has 1 fully saturated rings. The van der Waals surface area contributed by atoms with Crippen LogP contribution in [0.1, 0.15) is 5.56 Å². The summed E-state index contributed by atoms with van der Waals surface area (Å²) in [5.74, 6) is 0.553. The minimum Gasteiger partial charge on any atom is -0.493 e. The SMILES string of the molecule is COc1ccc(S(=O)(=O)N(C)CC(=O)N2CCN(Cc3ccccc3)CC2)cc1OC. The van der Waals surface area contributed by atoms with E-state index >= 15 is 0 Å². The van der Waals surface area contributed by atoms with Gasteiger partial charge in [0.15, 0.2) is 11.5 Å². The smallest absolute Gasteiger partial charge is 0.243 e. The van der Waals surface area contributed by atoms with E-state index in [1.165, 1.54) is 45.0 Å². The van der Waals surface area contributed by atoms with Crippen molar-refractivity contribution >= 4 is 15.9 Å². The Bertz CT molecular complexity index is 989. The van der Waals surface area contributed by atoms with E-state index in [1.54, 1.807) is 4.90 Å². The molecule has 0 aliphatic carbocycles. The Morgan fingerprint density at radius 2 is 1.61 bits per heavy atom. The van der Waals surface area contributed by atoms with Crippen molar-refractivity contribution in [2.24, 2.45) is 0 Å². The lowest BCUT2D eigenvalue weighted by molar-refractivity contribution is -0.133. The quantitative estimate of drug-likeness (QED) is 0.613. The van der Waals surface area contributed by atoms with E-state index in [0.717, 1.165) is 23.9 Å². The fourth-order valence-corrected chi connectivity index (χ4v) is 4.67. The molecule has 8 nitrogen and oxygen atoms in total. The Morgan fingerprint density at radius 1 is 0.968 bits per heavy atom. The molecule has 1 aliphatic rings. The van der Waals surface area contributed by atoms with Crippen molar-refractivity contribution in [3.63, 3.8) is 0 Å². The van der Waals surface area contributed by atoms with Gasteiger partial charge in [-0.25, -0.2) is 8.42 Å². The first-order valence-electron chi connectivity index (χ1n) is 10.1. The summed E-state index contributed by atoms with van der Waals surface area (Å²) >= 11 is 0. The maximum absolute atomic E-state index is 12.9. The predicted octanol–water partition coefficient (Wildman–Crippen LogP) is 1.67. The van der Waals surface area contributed by atoms with Crippen LogP contribution >= 0.6 is 0 Å². The first-order chi connectivity index (χ1) is 14.8. The molecule has 1 heterocycles. The third-order valence-electron chi connectivity index (χ3n) is 5.40. The molecule has 168 valence electrons. The number of piperazine rings is 1. The van der Waals surface area contributed by atoms with Gasteiger partial charge in [0.25, 0.3) is 0 Å². The number of hydrogen-bond acceptors (Lipinski definition) is 6. The van der Waals surface area contributed by atoms with Crippen molar-refractivity contribution < 1.29 is 22.7 Å². The highest BCUT2D eigenvalue weighted by molar-refractivity contribution is 7.89. The lowest BCUT2D eigenvalue weighted by Gasteiger charge is -2.35. The van der Waals surface area contributed by atoms with Crippen molar-refractivity contribution in [1.82, 2.24) is 14.1 Å². The number of rotatable bonds is 8. The van der Waals surface area contributed by atoms with E-state index in [2.05, 4.69) is 17.0 Å². The molecule has 1 aliphatic heterocycles. The largest absolute Gasteiger partial charge is 0.493 e. The number of nitrogens with zero attached hydrogens (tertiary/aromatic N) is 3. The zero-order chi connectivity index (χ0) is 22.4. The number of benzene rings is 2. The summed E-state index contributed by atoms with van der Waals surface area (Å²) in [6, 6.07) is 14.6. The molecule has 2 aromatic carbocycles. The maximum Gasteiger partial charge on any atom is 0.243 e. The zero-order valence-corrected chi connectivity index (χ0v) is 19.0. The van der Waals surface area contributed by atoms with Crippen LogP contribution in [0.5, 0.6) is 11.5 Å².